The highest BCUT2D eigenvalue weighted by Gasteiger charge is 2.25. The van der Waals surface area contributed by atoms with E-state index in [0.29, 0.717) is 19.0 Å². The van der Waals surface area contributed by atoms with Crippen LogP contribution in [0.2, 0.25) is 0 Å². The van der Waals surface area contributed by atoms with E-state index in [1.54, 1.807) is 0 Å². The Bertz CT molecular complexity index is 288. The summed E-state index contributed by atoms with van der Waals surface area (Å²) < 4.78 is 0. The van der Waals surface area contributed by atoms with E-state index in [0.717, 1.165) is 12.8 Å². The zero-order valence-corrected chi connectivity index (χ0v) is 11.3. The minimum atomic E-state index is -0.820. The van der Waals surface area contributed by atoms with Gasteiger partial charge in [0.25, 0.3) is 0 Å². The zero-order valence-electron chi connectivity index (χ0n) is 11.3. The second-order valence-electron chi connectivity index (χ2n) is 5.01. The van der Waals surface area contributed by atoms with E-state index in [9.17, 15) is 9.59 Å². The average molecular weight is 256 g/mol. The smallest absolute Gasteiger partial charge is 0.317 e. The lowest BCUT2D eigenvalue weighted by molar-refractivity contribution is -0.137. The number of carbonyl (C=O) groups is 2. The summed E-state index contributed by atoms with van der Waals surface area (Å²) in [4.78, 5) is 24.4. The number of carbonyl (C=O) groups excluding carboxylic acids is 1. The fraction of sp³-hybridized carbons (Fsp3) is 0.846. The van der Waals surface area contributed by atoms with E-state index in [-0.39, 0.29) is 18.5 Å². The molecule has 104 valence electrons. The Labute approximate surface area is 109 Å². The average Bonchev–Trinajstić information content (AvgIpc) is 2.81. The Balaban J connectivity index is 2.38. The van der Waals surface area contributed by atoms with Crippen molar-refractivity contribution in [3.8, 4) is 0 Å². The maximum Gasteiger partial charge on any atom is 0.317 e. The van der Waals surface area contributed by atoms with Crippen LogP contribution < -0.4 is 5.32 Å². The molecule has 0 aliphatic heterocycles. The first-order valence-electron chi connectivity index (χ1n) is 6.83. The molecule has 0 spiro atoms. The van der Waals surface area contributed by atoms with Gasteiger partial charge in [-0.3, -0.25) is 4.79 Å². The summed E-state index contributed by atoms with van der Waals surface area (Å²) in [6.45, 7) is 4.55. The fourth-order valence-corrected chi connectivity index (χ4v) is 2.49. The van der Waals surface area contributed by atoms with Gasteiger partial charge in [-0.15, -0.1) is 0 Å². The van der Waals surface area contributed by atoms with E-state index in [1.165, 1.54) is 12.8 Å². The van der Waals surface area contributed by atoms with E-state index >= 15 is 0 Å². The van der Waals surface area contributed by atoms with E-state index in [4.69, 9.17) is 5.11 Å². The largest absolute Gasteiger partial charge is 0.481 e. The summed E-state index contributed by atoms with van der Waals surface area (Å²) in [5.41, 5.74) is 0. The highest BCUT2D eigenvalue weighted by atomic mass is 16.4. The van der Waals surface area contributed by atoms with Crippen molar-refractivity contribution in [3.05, 3.63) is 0 Å². The Hall–Kier alpha value is -1.26. The summed E-state index contributed by atoms with van der Waals surface area (Å²) >= 11 is 0. The van der Waals surface area contributed by atoms with Crippen LogP contribution in [-0.4, -0.2) is 40.6 Å². The third-order valence-electron chi connectivity index (χ3n) is 3.53. The number of rotatable bonds is 6. The van der Waals surface area contributed by atoms with Crippen LogP contribution in [0.15, 0.2) is 0 Å². The molecule has 0 bridgehead atoms. The predicted molar refractivity (Wildman–Crippen MR) is 69.5 cm³/mol. The highest BCUT2D eigenvalue weighted by molar-refractivity contribution is 5.75. The molecule has 2 amide bonds. The summed E-state index contributed by atoms with van der Waals surface area (Å²) in [5, 5.41) is 11.5. The lowest BCUT2D eigenvalue weighted by Crippen LogP contribution is -2.47. The number of carboxylic acids is 1. The van der Waals surface area contributed by atoms with Crippen LogP contribution in [0.3, 0.4) is 0 Å². The van der Waals surface area contributed by atoms with Crippen LogP contribution in [0.25, 0.3) is 0 Å². The lowest BCUT2D eigenvalue weighted by Gasteiger charge is -2.29. The minimum Gasteiger partial charge on any atom is -0.481 e. The maximum absolute atomic E-state index is 12.1. The van der Waals surface area contributed by atoms with Crippen LogP contribution in [0.5, 0.6) is 0 Å². The van der Waals surface area contributed by atoms with E-state index in [1.807, 2.05) is 18.7 Å². The van der Waals surface area contributed by atoms with Gasteiger partial charge in [-0.25, -0.2) is 4.79 Å². The molecule has 2 N–H and O–H groups in total. The Morgan fingerprint density at radius 3 is 2.50 bits per heavy atom. The number of urea groups is 1. The molecule has 0 heterocycles. The van der Waals surface area contributed by atoms with Crippen LogP contribution >= 0.6 is 0 Å². The summed E-state index contributed by atoms with van der Waals surface area (Å²) in [5.74, 6) is -0.820. The van der Waals surface area contributed by atoms with Gasteiger partial charge in [0, 0.05) is 25.0 Å². The second kappa shape index (κ2) is 7.24. The molecule has 1 unspecified atom stereocenters. The molecule has 1 atom stereocenters. The first kappa shape index (κ1) is 14.8. The monoisotopic (exact) mass is 256 g/mol. The molecule has 1 aliphatic rings. The normalized spacial score (nSPS) is 17.4. The highest BCUT2D eigenvalue weighted by Crippen LogP contribution is 2.23. The number of nitrogens with zero attached hydrogens (tertiary/aromatic N) is 1. The predicted octanol–water partition coefficient (Wildman–Crippen LogP) is 2.21. The molecule has 1 rings (SSSR count). The van der Waals surface area contributed by atoms with E-state index < -0.39 is 5.97 Å². The fourth-order valence-electron chi connectivity index (χ4n) is 2.49. The van der Waals surface area contributed by atoms with Gasteiger partial charge in [0.05, 0.1) is 0 Å². The lowest BCUT2D eigenvalue weighted by atomic mass is 10.2. The topological polar surface area (TPSA) is 69.6 Å². The molecule has 5 heteroatoms. The number of hydrogen-bond donors (Lipinski definition) is 2. The molecule has 0 aromatic rings. The van der Waals surface area contributed by atoms with Gasteiger partial charge in [-0.2, -0.15) is 0 Å². The molecule has 1 saturated carbocycles. The van der Waals surface area contributed by atoms with Crippen molar-refractivity contribution < 1.29 is 14.7 Å². The first-order valence-corrected chi connectivity index (χ1v) is 6.83. The van der Waals surface area contributed by atoms with Crippen LogP contribution in [0, 0.1) is 0 Å². The molecule has 0 saturated heterocycles. The van der Waals surface area contributed by atoms with Crippen molar-refractivity contribution in [3.63, 3.8) is 0 Å². The maximum atomic E-state index is 12.1. The molecule has 0 aromatic carbocycles. The van der Waals surface area contributed by atoms with Crippen molar-refractivity contribution in [2.24, 2.45) is 0 Å². The zero-order chi connectivity index (χ0) is 13.5. The number of nitrogens with one attached hydrogen (secondary N) is 1. The molecule has 1 fully saturated rings. The summed E-state index contributed by atoms with van der Waals surface area (Å²) in [6.07, 6.45) is 5.14. The van der Waals surface area contributed by atoms with Crippen molar-refractivity contribution in [2.75, 3.05) is 6.54 Å². The number of aliphatic carboxylic acids is 1. The molecular formula is C13H24N2O3. The first-order chi connectivity index (χ1) is 8.54. The van der Waals surface area contributed by atoms with Gasteiger partial charge in [-0.1, -0.05) is 12.8 Å². The third-order valence-corrected chi connectivity index (χ3v) is 3.53. The van der Waals surface area contributed by atoms with Crippen molar-refractivity contribution >= 4 is 12.0 Å². The SMILES string of the molecule is CCN(C(=O)NC(C)CCC(=O)O)C1CCCC1. The number of carboxylic acid groups (broad SMARTS) is 1. The summed E-state index contributed by atoms with van der Waals surface area (Å²) in [7, 11) is 0. The molecule has 18 heavy (non-hydrogen) atoms. The molecule has 0 radical (unpaired) electrons. The Kier molecular flexibility index (Phi) is 5.95. The quantitative estimate of drug-likeness (QED) is 0.765. The van der Waals surface area contributed by atoms with Crippen molar-refractivity contribution in [1.29, 1.82) is 0 Å². The molecular weight excluding hydrogens is 232 g/mol. The Morgan fingerprint density at radius 1 is 1.39 bits per heavy atom. The van der Waals surface area contributed by atoms with Gasteiger partial charge in [0.15, 0.2) is 0 Å². The Morgan fingerprint density at radius 2 is 2.00 bits per heavy atom. The number of hydrogen-bond acceptors (Lipinski definition) is 2. The van der Waals surface area contributed by atoms with Crippen molar-refractivity contribution in [2.45, 2.75) is 64.5 Å². The van der Waals surface area contributed by atoms with Gasteiger partial charge in [-0.05, 0) is 33.1 Å². The van der Waals surface area contributed by atoms with Crippen LogP contribution in [-0.2, 0) is 4.79 Å². The van der Waals surface area contributed by atoms with Crippen LogP contribution in [0.4, 0.5) is 4.79 Å². The van der Waals surface area contributed by atoms with E-state index in [2.05, 4.69) is 5.32 Å². The van der Waals surface area contributed by atoms with Crippen LogP contribution in [0.1, 0.15) is 52.4 Å². The van der Waals surface area contributed by atoms with Crippen molar-refractivity contribution in [1.82, 2.24) is 10.2 Å². The second-order valence-corrected chi connectivity index (χ2v) is 5.01. The molecule has 5 nitrogen and oxygen atoms in total. The third kappa shape index (κ3) is 4.55. The minimum absolute atomic E-state index is 0.0534. The van der Waals surface area contributed by atoms with Gasteiger partial charge >= 0.3 is 12.0 Å². The molecule has 1 aliphatic carbocycles. The van der Waals surface area contributed by atoms with Gasteiger partial charge in [0.2, 0.25) is 0 Å². The van der Waals surface area contributed by atoms with Gasteiger partial charge < -0.3 is 15.3 Å². The molecule has 0 aromatic heterocycles. The summed E-state index contributed by atoms with van der Waals surface area (Å²) in [6, 6.07) is 0.216. The number of amides is 2. The van der Waals surface area contributed by atoms with Gasteiger partial charge in [0.1, 0.15) is 0 Å². The standard InChI is InChI=1S/C13H24N2O3/c1-3-15(11-6-4-5-7-11)13(18)14-10(2)8-9-12(16)17/h10-11H,3-9H2,1-2H3,(H,14,18)(H,16,17).